The van der Waals surface area contributed by atoms with Crippen LogP contribution in [0.3, 0.4) is 0 Å². The Balaban J connectivity index is 2.11. The van der Waals surface area contributed by atoms with Crippen LogP contribution in [0.25, 0.3) is 0 Å². The third-order valence-corrected chi connectivity index (χ3v) is 3.83. The van der Waals surface area contributed by atoms with Gasteiger partial charge in [0.05, 0.1) is 15.7 Å². The van der Waals surface area contributed by atoms with Gasteiger partial charge in [0.2, 0.25) is 0 Å². The minimum Gasteiger partial charge on any atom is -0.380 e. The van der Waals surface area contributed by atoms with Crippen LogP contribution in [-0.4, -0.2) is 0 Å². The van der Waals surface area contributed by atoms with Crippen LogP contribution in [-0.2, 0) is 6.54 Å². The van der Waals surface area contributed by atoms with Crippen molar-refractivity contribution in [3.8, 4) is 0 Å². The van der Waals surface area contributed by atoms with E-state index in [2.05, 4.69) is 21.2 Å². The zero-order chi connectivity index (χ0) is 13.1. The summed E-state index contributed by atoms with van der Waals surface area (Å²) in [4.78, 5) is 0. The van der Waals surface area contributed by atoms with Gasteiger partial charge in [-0.05, 0) is 51.8 Å². The van der Waals surface area contributed by atoms with E-state index in [4.69, 9.17) is 23.2 Å². The Labute approximate surface area is 123 Å². The lowest BCUT2D eigenvalue weighted by molar-refractivity contribution is 0.628. The highest BCUT2D eigenvalue weighted by molar-refractivity contribution is 9.10. The SMILES string of the molecule is Fc1ccc(Br)c(NCc2ccc(Cl)c(Cl)c2)c1. The lowest BCUT2D eigenvalue weighted by Crippen LogP contribution is -2.00. The van der Waals surface area contributed by atoms with Gasteiger partial charge >= 0.3 is 0 Å². The molecule has 0 amide bonds. The largest absolute Gasteiger partial charge is 0.380 e. The molecule has 0 bridgehead atoms. The molecular formula is C13H9BrCl2FN. The normalized spacial score (nSPS) is 10.4. The second-order valence-electron chi connectivity index (χ2n) is 3.73. The highest BCUT2D eigenvalue weighted by Crippen LogP contribution is 2.25. The van der Waals surface area contributed by atoms with Crippen LogP contribution < -0.4 is 5.32 Å². The molecule has 94 valence electrons. The Hall–Kier alpha value is -0.770. The van der Waals surface area contributed by atoms with Gasteiger partial charge in [0, 0.05) is 11.0 Å². The fourth-order valence-electron chi connectivity index (χ4n) is 1.48. The minimum absolute atomic E-state index is 0.283. The number of benzene rings is 2. The van der Waals surface area contributed by atoms with Crippen molar-refractivity contribution >= 4 is 44.8 Å². The average Bonchev–Trinajstić information content (AvgIpc) is 2.34. The standard InChI is InChI=1S/C13H9BrCl2FN/c14-10-3-2-9(17)6-13(10)18-7-8-1-4-11(15)12(16)5-8/h1-6,18H,7H2. The van der Waals surface area contributed by atoms with Gasteiger partial charge in [0.15, 0.2) is 0 Å². The van der Waals surface area contributed by atoms with E-state index in [1.807, 2.05) is 6.07 Å². The summed E-state index contributed by atoms with van der Waals surface area (Å²) in [5.74, 6) is -0.283. The third-order valence-electron chi connectivity index (χ3n) is 2.40. The molecule has 5 heteroatoms. The number of hydrogen-bond donors (Lipinski definition) is 1. The van der Waals surface area contributed by atoms with Crippen LogP contribution >= 0.6 is 39.1 Å². The molecule has 0 aliphatic rings. The number of anilines is 1. The van der Waals surface area contributed by atoms with Gasteiger partial charge < -0.3 is 5.32 Å². The van der Waals surface area contributed by atoms with Crippen molar-refractivity contribution < 1.29 is 4.39 Å². The van der Waals surface area contributed by atoms with Gasteiger partial charge in [-0.1, -0.05) is 29.3 Å². The summed E-state index contributed by atoms with van der Waals surface area (Å²) in [6, 6.07) is 9.88. The molecule has 0 saturated heterocycles. The first kappa shape index (κ1) is 13.7. The zero-order valence-electron chi connectivity index (χ0n) is 9.18. The molecule has 0 saturated carbocycles. The predicted octanol–water partition coefficient (Wildman–Crippen LogP) is 5.51. The lowest BCUT2D eigenvalue weighted by Gasteiger charge is -2.09. The second-order valence-corrected chi connectivity index (χ2v) is 5.39. The fraction of sp³-hybridized carbons (Fsp3) is 0.0769. The van der Waals surface area contributed by atoms with Crippen molar-refractivity contribution in [2.24, 2.45) is 0 Å². The van der Waals surface area contributed by atoms with Crippen LogP contribution in [0.4, 0.5) is 10.1 Å². The van der Waals surface area contributed by atoms with E-state index in [9.17, 15) is 4.39 Å². The molecular weight excluding hydrogens is 340 g/mol. The van der Waals surface area contributed by atoms with Crippen molar-refractivity contribution in [1.29, 1.82) is 0 Å². The van der Waals surface area contributed by atoms with Crippen LogP contribution in [0, 0.1) is 5.82 Å². The molecule has 0 aromatic heterocycles. The van der Waals surface area contributed by atoms with Crippen molar-refractivity contribution in [2.75, 3.05) is 5.32 Å². The molecule has 2 aromatic carbocycles. The van der Waals surface area contributed by atoms with Crippen LogP contribution in [0.5, 0.6) is 0 Å². The van der Waals surface area contributed by atoms with E-state index in [0.29, 0.717) is 22.3 Å². The molecule has 2 rings (SSSR count). The zero-order valence-corrected chi connectivity index (χ0v) is 12.3. The van der Waals surface area contributed by atoms with Gasteiger partial charge in [-0.25, -0.2) is 4.39 Å². The monoisotopic (exact) mass is 347 g/mol. The molecule has 1 N–H and O–H groups in total. The summed E-state index contributed by atoms with van der Waals surface area (Å²) in [6.45, 7) is 0.541. The van der Waals surface area contributed by atoms with Crippen molar-refractivity contribution in [3.05, 3.63) is 62.3 Å². The molecule has 1 nitrogen and oxygen atoms in total. The van der Waals surface area contributed by atoms with E-state index in [-0.39, 0.29) is 5.82 Å². The average molecular weight is 349 g/mol. The van der Waals surface area contributed by atoms with Crippen molar-refractivity contribution in [2.45, 2.75) is 6.54 Å². The maximum Gasteiger partial charge on any atom is 0.125 e. The predicted molar refractivity (Wildman–Crippen MR) is 77.9 cm³/mol. The summed E-state index contributed by atoms with van der Waals surface area (Å²) >= 11 is 15.1. The Morgan fingerprint density at radius 1 is 1.06 bits per heavy atom. The lowest BCUT2D eigenvalue weighted by atomic mass is 10.2. The highest BCUT2D eigenvalue weighted by atomic mass is 79.9. The Morgan fingerprint density at radius 3 is 2.56 bits per heavy atom. The Kier molecular flexibility index (Phi) is 4.49. The van der Waals surface area contributed by atoms with Crippen molar-refractivity contribution in [1.82, 2.24) is 0 Å². The fourth-order valence-corrected chi connectivity index (χ4v) is 2.19. The van der Waals surface area contributed by atoms with Crippen LogP contribution in [0.1, 0.15) is 5.56 Å². The summed E-state index contributed by atoms with van der Waals surface area (Å²) < 4.78 is 13.9. The first-order valence-corrected chi connectivity index (χ1v) is 6.74. The maximum absolute atomic E-state index is 13.1. The molecule has 0 aliphatic heterocycles. The van der Waals surface area contributed by atoms with Gasteiger partial charge in [0.25, 0.3) is 0 Å². The molecule has 2 aromatic rings. The molecule has 0 spiro atoms. The smallest absolute Gasteiger partial charge is 0.125 e. The molecule has 0 fully saturated rings. The summed E-state index contributed by atoms with van der Waals surface area (Å²) in [5.41, 5.74) is 1.67. The molecule has 0 aliphatic carbocycles. The molecule has 0 radical (unpaired) electrons. The summed E-state index contributed by atoms with van der Waals surface area (Å²) in [6.07, 6.45) is 0. The van der Waals surface area contributed by atoms with Crippen molar-refractivity contribution in [3.63, 3.8) is 0 Å². The van der Waals surface area contributed by atoms with Gasteiger partial charge in [0.1, 0.15) is 5.82 Å². The Bertz CT molecular complexity index is 575. The molecule has 0 atom stereocenters. The van der Waals surface area contributed by atoms with E-state index in [0.717, 1.165) is 10.0 Å². The summed E-state index contributed by atoms with van der Waals surface area (Å²) in [5, 5.41) is 4.16. The number of halogens is 4. The Morgan fingerprint density at radius 2 is 1.83 bits per heavy atom. The van der Waals surface area contributed by atoms with Crippen LogP contribution in [0.2, 0.25) is 10.0 Å². The van der Waals surface area contributed by atoms with Gasteiger partial charge in [-0.15, -0.1) is 0 Å². The highest BCUT2D eigenvalue weighted by Gasteiger charge is 2.03. The molecule has 18 heavy (non-hydrogen) atoms. The van der Waals surface area contributed by atoms with Crippen LogP contribution in [0.15, 0.2) is 40.9 Å². The quantitative estimate of drug-likeness (QED) is 0.771. The van der Waals surface area contributed by atoms with Gasteiger partial charge in [-0.3, -0.25) is 0 Å². The topological polar surface area (TPSA) is 12.0 Å². The maximum atomic E-state index is 13.1. The van der Waals surface area contributed by atoms with E-state index < -0.39 is 0 Å². The number of rotatable bonds is 3. The first-order valence-electron chi connectivity index (χ1n) is 5.19. The van der Waals surface area contributed by atoms with E-state index >= 15 is 0 Å². The minimum atomic E-state index is -0.283. The number of hydrogen-bond acceptors (Lipinski definition) is 1. The van der Waals surface area contributed by atoms with E-state index in [1.165, 1.54) is 12.1 Å². The number of nitrogens with one attached hydrogen (secondary N) is 1. The molecule has 0 unspecified atom stereocenters. The third kappa shape index (κ3) is 3.37. The summed E-state index contributed by atoms with van der Waals surface area (Å²) in [7, 11) is 0. The first-order chi connectivity index (χ1) is 8.56. The second kappa shape index (κ2) is 5.91. The molecule has 0 heterocycles. The van der Waals surface area contributed by atoms with Gasteiger partial charge in [-0.2, -0.15) is 0 Å². The van der Waals surface area contributed by atoms with E-state index in [1.54, 1.807) is 18.2 Å².